The number of nitrogens with two attached hydrogens (primary N) is 1. The zero-order valence-corrected chi connectivity index (χ0v) is 11.4. The molecule has 3 heteroatoms. The fourth-order valence-electron chi connectivity index (χ4n) is 1.91. The Balaban J connectivity index is 2.76. The highest BCUT2D eigenvalue weighted by Crippen LogP contribution is 2.18. The van der Waals surface area contributed by atoms with Gasteiger partial charge in [-0.2, -0.15) is 0 Å². The molecule has 0 fully saturated rings. The molecule has 0 aliphatic rings. The summed E-state index contributed by atoms with van der Waals surface area (Å²) in [5.41, 5.74) is 9.23. The van der Waals surface area contributed by atoms with Gasteiger partial charge in [0.2, 0.25) is 5.91 Å². The normalized spacial score (nSPS) is 13.8. The lowest BCUT2D eigenvalue weighted by molar-refractivity contribution is -0.122. The van der Waals surface area contributed by atoms with E-state index in [0.29, 0.717) is 6.42 Å². The Morgan fingerprint density at radius 1 is 1.50 bits per heavy atom. The van der Waals surface area contributed by atoms with E-state index in [0.717, 1.165) is 5.56 Å². The van der Waals surface area contributed by atoms with Crippen LogP contribution in [0.15, 0.2) is 30.9 Å². The molecule has 98 valence electrons. The van der Waals surface area contributed by atoms with E-state index in [1.54, 1.807) is 6.08 Å². The van der Waals surface area contributed by atoms with Crippen molar-refractivity contribution in [1.82, 2.24) is 5.32 Å². The average Bonchev–Trinajstić information content (AvgIpc) is 2.32. The molecule has 0 heterocycles. The summed E-state index contributed by atoms with van der Waals surface area (Å²) >= 11 is 0. The zero-order valence-electron chi connectivity index (χ0n) is 11.4. The zero-order chi connectivity index (χ0) is 13.7. The summed E-state index contributed by atoms with van der Waals surface area (Å²) in [5, 5.41) is 2.94. The summed E-state index contributed by atoms with van der Waals surface area (Å²) in [4.78, 5) is 11.8. The molecule has 0 saturated heterocycles. The van der Waals surface area contributed by atoms with Crippen LogP contribution in [0.3, 0.4) is 0 Å². The molecule has 0 bridgehead atoms. The fraction of sp³-hybridized carbons (Fsp3) is 0.400. The smallest absolute Gasteiger partial charge is 0.237 e. The second-order valence-electron chi connectivity index (χ2n) is 4.72. The predicted molar refractivity (Wildman–Crippen MR) is 75.3 cm³/mol. The van der Waals surface area contributed by atoms with Crippen LogP contribution in [-0.2, 0) is 4.79 Å². The molecule has 1 amide bonds. The van der Waals surface area contributed by atoms with Crippen LogP contribution in [0.1, 0.15) is 36.1 Å². The number of amides is 1. The summed E-state index contributed by atoms with van der Waals surface area (Å²) in [6, 6.07) is 5.68. The third-order valence-electron chi connectivity index (χ3n) is 3.02. The van der Waals surface area contributed by atoms with E-state index in [4.69, 9.17) is 5.73 Å². The van der Waals surface area contributed by atoms with Gasteiger partial charge in [-0.25, -0.2) is 0 Å². The molecule has 18 heavy (non-hydrogen) atoms. The van der Waals surface area contributed by atoms with Crippen LogP contribution in [-0.4, -0.2) is 11.9 Å². The lowest BCUT2D eigenvalue weighted by atomic mass is 9.99. The van der Waals surface area contributed by atoms with Gasteiger partial charge >= 0.3 is 0 Å². The minimum Gasteiger partial charge on any atom is -0.348 e. The average molecular weight is 246 g/mol. The number of hydrogen-bond acceptors (Lipinski definition) is 2. The summed E-state index contributed by atoms with van der Waals surface area (Å²) in [7, 11) is 0. The van der Waals surface area contributed by atoms with Crippen LogP contribution in [0.5, 0.6) is 0 Å². The van der Waals surface area contributed by atoms with E-state index < -0.39 is 6.04 Å². The van der Waals surface area contributed by atoms with Crippen molar-refractivity contribution in [2.24, 2.45) is 5.73 Å². The number of carbonyl (C=O) groups excluding carboxylic acids is 1. The molecule has 0 aliphatic carbocycles. The van der Waals surface area contributed by atoms with Crippen molar-refractivity contribution in [3.05, 3.63) is 47.5 Å². The first kappa shape index (κ1) is 14.5. The van der Waals surface area contributed by atoms with Crippen LogP contribution in [0.25, 0.3) is 0 Å². The van der Waals surface area contributed by atoms with Gasteiger partial charge < -0.3 is 11.1 Å². The highest BCUT2D eigenvalue weighted by atomic mass is 16.2. The molecular weight excluding hydrogens is 224 g/mol. The van der Waals surface area contributed by atoms with Gasteiger partial charge in [0.15, 0.2) is 0 Å². The lowest BCUT2D eigenvalue weighted by Gasteiger charge is -2.19. The first-order valence-corrected chi connectivity index (χ1v) is 6.19. The van der Waals surface area contributed by atoms with E-state index in [1.807, 2.05) is 20.8 Å². The first-order valence-electron chi connectivity index (χ1n) is 6.19. The van der Waals surface area contributed by atoms with E-state index in [1.165, 1.54) is 11.1 Å². The summed E-state index contributed by atoms with van der Waals surface area (Å²) in [6.45, 7) is 9.64. The van der Waals surface area contributed by atoms with Gasteiger partial charge in [0, 0.05) is 0 Å². The minimum atomic E-state index is -0.518. The number of aryl methyl sites for hydroxylation is 2. The monoisotopic (exact) mass is 246 g/mol. The van der Waals surface area contributed by atoms with Crippen molar-refractivity contribution in [2.45, 2.75) is 39.3 Å². The molecule has 1 aromatic carbocycles. The van der Waals surface area contributed by atoms with E-state index >= 15 is 0 Å². The standard InChI is InChI=1S/C15H22N2O/c1-5-6-14(16)15(18)17-12(4)13-9-10(2)7-8-11(13)3/h5,7-9,12,14H,1,6,16H2,2-4H3,(H,17,18). The van der Waals surface area contributed by atoms with Gasteiger partial charge in [-0.3, -0.25) is 4.79 Å². The molecule has 3 N–H and O–H groups in total. The summed E-state index contributed by atoms with van der Waals surface area (Å²) in [6.07, 6.45) is 2.15. The van der Waals surface area contributed by atoms with Crippen LogP contribution < -0.4 is 11.1 Å². The van der Waals surface area contributed by atoms with Crippen molar-refractivity contribution in [1.29, 1.82) is 0 Å². The Hall–Kier alpha value is -1.61. The Morgan fingerprint density at radius 3 is 2.78 bits per heavy atom. The molecule has 0 aromatic heterocycles. The van der Waals surface area contributed by atoms with Gasteiger partial charge in [-0.05, 0) is 38.3 Å². The molecule has 1 rings (SSSR count). The SMILES string of the molecule is C=CCC(N)C(=O)NC(C)c1cc(C)ccc1C. The van der Waals surface area contributed by atoms with Crippen LogP contribution in [0.4, 0.5) is 0 Å². The molecule has 1 aromatic rings. The Bertz CT molecular complexity index is 440. The van der Waals surface area contributed by atoms with Crippen LogP contribution in [0, 0.1) is 13.8 Å². The van der Waals surface area contributed by atoms with Gasteiger partial charge in [-0.15, -0.1) is 6.58 Å². The number of benzene rings is 1. The predicted octanol–water partition coefficient (Wildman–Crippen LogP) is 2.38. The molecule has 0 radical (unpaired) electrons. The van der Waals surface area contributed by atoms with Crippen molar-refractivity contribution in [3.8, 4) is 0 Å². The third-order valence-corrected chi connectivity index (χ3v) is 3.02. The highest BCUT2D eigenvalue weighted by Gasteiger charge is 2.16. The minimum absolute atomic E-state index is 0.0340. The van der Waals surface area contributed by atoms with Gasteiger partial charge in [0.1, 0.15) is 0 Å². The van der Waals surface area contributed by atoms with Gasteiger partial charge in [0.25, 0.3) is 0 Å². The second kappa shape index (κ2) is 6.36. The first-order chi connectivity index (χ1) is 8.45. The number of hydrogen-bond donors (Lipinski definition) is 2. The third kappa shape index (κ3) is 3.70. The lowest BCUT2D eigenvalue weighted by Crippen LogP contribution is -2.41. The van der Waals surface area contributed by atoms with Crippen molar-refractivity contribution < 1.29 is 4.79 Å². The van der Waals surface area contributed by atoms with Crippen molar-refractivity contribution in [3.63, 3.8) is 0 Å². The summed E-state index contributed by atoms with van der Waals surface area (Å²) in [5.74, 6) is -0.136. The second-order valence-corrected chi connectivity index (χ2v) is 4.72. The van der Waals surface area contributed by atoms with E-state index in [2.05, 4.69) is 30.1 Å². The van der Waals surface area contributed by atoms with E-state index in [-0.39, 0.29) is 11.9 Å². The van der Waals surface area contributed by atoms with Crippen molar-refractivity contribution >= 4 is 5.91 Å². The Kier molecular flexibility index (Phi) is 5.10. The van der Waals surface area contributed by atoms with E-state index in [9.17, 15) is 4.79 Å². The molecule has 2 unspecified atom stereocenters. The Labute approximate surface area is 109 Å². The number of rotatable bonds is 5. The number of carbonyl (C=O) groups is 1. The van der Waals surface area contributed by atoms with Crippen LogP contribution in [0.2, 0.25) is 0 Å². The summed E-state index contributed by atoms with van der Waals surface area (Å²) < 4.78 is 0. The molecule has 3 nitrogen and oxygen atoms in total. The quantitative estimate of drug-likeness (QED) is 0.784. The molecular formula is C15H22N2O. The maximum absolute atomic E-state index is 11.8. The maximum atomic E-state index is 11.8. The van der Waals surface area contributed by atoms with Crippen molar-refractivity contribution in [2.75, 3.05) is 0 Å². The van der Waals surface area contributed by atoms with Crippen LogP contribution >= 0.6 is 0 Å². The highest BCUT2D eigenvalue weighted by molar-refractivity contribution is 5.82. The molecule has 0 spiro atoms. The molecule has 2 atom stereocenters. The fourth-order valence-corrected chi connectivity index (χ4v) is 1.91. The van der Waals surface area contributed by atoms with Gasteiger partial charge in [-0.1, -0.05) is 29.8 Å². The topological polar surface area (TPSA) is 55.1 Å². The molecule has 0 aliphatic heterocycles. The Morgan fingerprint density at radius 2 is 2.17 bits per heavy atom. The molecule has 0 saturated carbocycles. The number of nitrogens with one attached hydrogen (secondary N) is 1. The largest absolute Gasteiger partial charge is 0.348 e. The van der Waals surface area contributed by atoms with Gasteiger partial charge in [0.05, 0.1) is 12.1 Å². The maximum Gasteiger partial charge on any atom is 0.237 e.